The van der Waals surface area contributed by atoms with Gasteiger partial charge in [0.15, 0.2) is 18.2 Å². The van der Waals surface area contributed by atoms with Crippen molar-refractivity contribution >= 4 is 17.6 Å². The summed E-state index contributed by atoms with van der Waals surface area (Å²) >= 11 is 0. The van der Waals surface area contributed by atoms with Crippen LogP contribution >= 0.6 is 0 Å². The first-order chi connectivity index (χ1) is 11.5. The molecule has 1 N–H and O–H groups in total. The van der Waals surface area contributed by atoms with E-state index < -0.39 is 24.3 Å². The van der Waals surface area contributed by atoms with Crippen molar-refractivity contribution in [2.75, 3.05) is 19.0 Å². The summed E-state index contributed by atoms with van der Waals surface area (Å²) in [6.45, 7) is -0.563. The molecule has 2 aromatic rings. The van der Waals surface area contributed by atoms with Crippen molar-refractivity contribution in [3.8, 4) is 11.8 Å². The van der Waals surface area contributed by atoms with Crippen molar-refractivity contribution in [2.45, 2.75) is 0 Å². The molecule has 0 atom stereocenters. The number of methoxy groups -OCH3 is 1. The van der Waals surface area contributed by atoms with Crippen LogP contribution in [0.1, 0.15) is 15.9 Å². The standard InChI is InChI=1S/C17H13FN2O4/c1-23-15-7-6-11(8-13(15)18)17(22)24-10-16(21)20-14-5-3-2-4-12(14)9-19/h2-8H,10H2,1H3,(H,20,21). The number of carbonyl (C=O) groups excluding carboxylic acids is 2. The number of rotatable bonds is 5. The predicted molar refractivity (Wildman–Crippen MR) is 83.0 cm³/mol. The van der Waals surface area contributed by atoms with Gasteiger partial charge in [0, 0.05) is 0 Å². The molecule has 2 aromatic carbocycles. The summed E-state index contributed by atoms with van der Waals surface area (Å²) in [5.74, 6) is -2.17. The molecule has 0 radical (unpaired) electrons. The number of nitrogens with zero attached hydrogens (tertiary/aromatic N) is 1. The largest absolute Gasteiger partial charge is 0.494 e. The molecule has 7 heteroatoms. The third-order valence-corrected chi connectivity index (χ3v) is 3.04. The Morgan fingerprint density at radius 1 is 1.25 bits per heavy atom. The number of benzene rings is 2. The second-order valence-corrected chi connectivity index (χ2v) is 4.63. The Morgan fingerprint density at radius 3 is 2.67 bits per heavy atom. The number of nitriles is 1. The minimum Gasteiger partial charge on any atom is -0.494 e. The Bertz CT molecular complexity index is 814. The Kier molecular flexibility index (Phi) is 5.47. The fourth-order valence-electron chi connectivity index (χ4n) is 1.88. The monoisotopic (exact) mass is 328 g/mol. The van der Waals surface area contributed by atoms with E-state index in [1.807, 2.05) is 6.07 Å². The second kappa shape index (κ2) is 7.74. The zero-order valence-electron chi connectivity index (χ0n) is 12.7. The highest BCUT2D eigenvalue weighted by atomic mass is 19.1. The van der Waals surface area contributed by atoms with Crippen LogP contribution in [0.5, 0.6) is 5.75 Å². The molecule has 0 aliphatic rings. The van der Waals surface area contributed by atoms with Gasteiger partial charge in [-0.15, -0.1) is 0 Å². The lowest BCUT2D eigenvalue weighted by Gasteiger charge is -2.08. The quantitative estimate of drug-likeness (QED) is 0.852. The molecule has 0 aromatic heterocycles. The molecule has 24 heavy (non-hydrogen) atoms. The Labute approximate surface area is 137 Å². The summed E-state index contributed by atoms with van der Waals surface area (Å²) < 4.78 is 23.1. The topological polar surface area (TPSA) is 88.4 Å². The van der Waals surface area contributed by atoms with Crippen molar-refractivity contribution in [2.24, 2.45) is 0 Å². The summed E-state index contributed by atoms with van der Waals surface area (Å²) in [7, 11) is 1.31. The maximum atomic E-state index is 13.5. The van der Waals surface area contributed by atoms with Crippen LogP contribution < -0.4 is 10.1 Å². The summed E-state index contributed by atoms with van der Waals surface area (Å²) in [4.78, 5) is 23.6. The zero-order chi connectivity index (χ0) is 17.5. The van der Waals surface area contributed by atoms with E-state index in [-0.39, 0.29) is 16.9 Å². The molecular weight excluding hydrogens is 315 g/mol. The van der Waals surface area contributed by atoms with E-state index in [0.717, 1.165) is 6.07 Å². The van der Waals surface area contributed by atoms with Crippen LogP contribution in [0, 0.1) is 17.1 Å². The first-order valence-electron chi connectivity index (χ1n) is 6.84. The van der Waals surface area contributed by atoms with Gasteiger partial charge in [0.1, 0.15) is 6.07 Å². The van der Waals surface area contributed by atoms with Crippen LogP contribution in [0.25, 0.3) is 0 Å². The number of carbonyl (C=O) groups is 2. The normalized spacial score (nSPS) is 9.71. The van der Waals surface area contributed by atoms with Crippen molar-refractivity contribution in [3.05, 3.63) is 59.4 Å². The van der Waals surface area contributed by atoms with Crippen LogP contribution in [-0.2, 0) is 9.53 Å². The van der Waals surface area contributed by atoms with Crippen molar-refractivity contribution in [1.82, 2.24) is 0 Å². The minimum absolute atomic E-state index is 0.00240. The Balaban J connectivity index is 1.95. The van der Waals surface area contributed by atoms with Gasteiger partial charge in [-0.25, -0.2) is 9.18 Å². The average Bonchev–Trinajstić information content (AvgIpc) is 2.60. The van der Waals surface area contributed by atoms with Crippen LogP contribution in [0.2, 0.25) is 0 Å². The van der Waals surface area contributed by atoms with E-state index in [2.05, 4.69) is 5.32 Å². The number of hydrogen-bond donors (Lipinski definition) is 1. The van der Waals surface area contributed by atoms with Crippen LogP contribution in [-0.4, -0.2) is 25.6 Å². The molecule has 0 unspecified atom stereocenters. The number of ether oxygens (including phenoxy) is 2. The molecule has 0 aliphatic carbocycles. The summed E-state index contributed by atoms with van der Waals surface area (Å²) in [5, 5.41) is 11.4. The highest BCUT2D eigenvalue weighted by Gasteiger charge is 2.14. The van der Waals surface area contributed by atoms with Gasteiger partial charge in [-0.3, -0.25) is 4.79 Å². The number of anilines is 1. The first-order valence-corrected chi connectivity index (χ1v) is 6.84. The number of amides is 1. The van der Waals surface area contributed by atoms with E-state index in [1.54, 1.807) is 24.3 Å². The molecule has 122 valence electrons. The lowest BCUT2D eigenvalue weighted by atomic mass is 10.2. The minimum atomic E-state index is -0.847. The van der Waals surface area contributed by atoms with E-state index in [0.29, 0.717) is 5.69 Å². The molecule has 0 bridgehead atoms. The third kappa shape index (κ3) is 4.08. The van der Waals surface area contributed by atoms with Gasteiger partial charge in [-0.1, -0.05) is 12.1 Å². The fraction of sp³-hybridized carbons (Fsp3) is 0.118. The highest BCUT2D eigenvalue weighted by molar-refractivity contribution is 5.96. The van der Waals surface area contributed by atoms with Crippen LogP contribution in [0.15, 0.2) is 42.5 Å². The lowest BCUT2D eigenvalue weighted by Crippen LogP contribution is -2.21. The zero-order valence-corrected chi connectivity index (χ0v) is 12.7. The first kappa shape index (κ1) is 17.0. The summed E-state index contributed by atoms with van der Waals surface area (Å²) in [6, 6.07) is 11.9. The maximum absolute atomic E-state index is 13.5. The molecule has 0 aliphatic heterocycles. The third-order valence-electron chi connectivity index (χ3n) is 3.04. The number of halogens is 1. The maximum Gasteiger partial charge on any atom is 0.338 e. The number of para-hydroxylation sites is 1. The van der Waals surface area contributed by atoms with Gasteiger partial charge in [-0.2, -0.15) is 5.26 Å². The molecule has 2 rings (SSSR count). The molecule has 0 fully saturated rings. The number of nitrogens with one attached hydrogen (secondary N) is 1. The van der Waals surface area contributed by atoms with E-state index in [9.17, 15) is 14.0 Å². The molecule has 6 nitrogen and oxygen atoms in total. The number of hydrogen-bond acceptors (Lipinski definition) is 5. The van der Waals surface area contributed by atoms with E-state index in [4.69, 9.17) is 14.7 Å². The Morgan fingerprint density at radius 2 is 2.00 bits per heavy atom. The second-order valence-electron chi connectivity index (χ2n) is 4.63. The van der Waals surface area contributed by atoms with E-state index >= 15 is 0 Å². The van der Waals surface area contributed by atoms with E-state index in [1.165, 1.54) is 19.2 Å². The number of esters is 1. The predicted octanol–water partition coefficient (Wildman–Crippen LogP) is 2.50. The summed E-state index contributed by atoms with van der Waals surface area (Å²) in [6.07, 6.45) is 0. The van der Waals surface area contributed by atoms with Gasteiger partial charge in [0.2, 0.25) is 0 Å². The molecule has 0 spiro atoms. The van der Waals surface area contributed by atoms with Gasteiger partial charge in [0.05, 0.1) is 23.9 Å². The fourth-order valence-corrected chi connectivity index (χ4v) is 1.88. The van der Waals surface area contributed by atoms with Gasteiger partial charge in [-0.05, 0) is 30.3 Å². The molecule has 0 saturated heterocycles. The summed E-state index contributed by atoms with van der Waals surface area (Å²) in [5.41, 5.74) is 0.560. The van der Waals surface area contributed by atoms with Gasteiger partial charge >= 0.3 is 5.97 Å². The molecule has 0 heterocycles. The van der Waals surface area contributed by atoms with Crippen molar-refractivity contribution in [3.63, 3.8) is 0 Å². The van der Waals surface area contributed by atoms with Crippen molar-refractivity contribution in [1.29, 1.82) is 5.26 Å². The smallest absolute Gasteiger partial charge is 0.338 e. The van der Waals surface area contributed by atoms with Crippen molar-refractivity contribution < 1.29 is 23.5 Å². The SMILES string of the molecule is COc1ccc(C(=O)OCC(=O)Nc2ccccc2C#N)cc1F. The molecule has 1 amide bonds. The Hall–Kier alpha value is -3.40. The highest BCUT2D eigenvalue weighted by Crippen LogP contribution is 2.18. The molecule has 0 saturated carbocycles. The van der Waals surface area contributed by atoms with Crippen LogP contribution in [0.3, 0.4) is 0 Å². The van der Waals surface area contributed by atoms with Gasteiger partial charge < -0.3 is 14.8 Å². The average molecular weight is 328 g/mol. The van der Waals surface area contributed by atoms with Crippen LogP contribution in [0.4, 0.5) is 10.1 Å². The van der Waals surface area contributed by atoms with Gasteiger partial charge in [0.25, 0.3) is 5.91 Å². The molecular formula is C17H13FN2O4. The lowest BCUT2D eigenvalue weighted by molar-refractivity contribution is -0.119.